The molecule has 20 heavy (non-hydrogen) atoms. The molecule has 0 nitrogen and oxygen atoms in total. The van der Waals surface area contributed by atoms with Crippen molar-refractivity contribution in [2.24, 2.45) is 5.92 Å². The normalized spacial score (nSPS) is 14.2. The molecule has 0 aliphatic carbocycles. The van der Waals surface area contributed by atoms with Crippen molar-refractivity contribution in [1.29, 1.82) is 0 Å². The average Bonchev–Trinajstić information content (AvgIpc) is 2.49. The van der Waals surface area contributed by atoms with Crippen LogP contribution in [0.4, 0.5) is 0 Å². The predicted octanol–water partition coefficient (Wildman–Crippen LogP) is 6.01. The highest BCUT2D eigenvalue weighted by molar-refractivity contribution is 5.28. The SMILES string of the molecule is CCC(c1ccccc1)C(CC(C)C)c1ccccc1. The van der Waals surface area contributed by atoms with Crippen LogP contribution in [0.1, 0.15) is 56.6 Å². The van der Waals surface area contributed by atoms with Crippen LogP contribution in [-0.2, 0) is 0 Å². The maximum Gasteiger partial charge on any atom is -0.00908 e. The minimum absolute atomic E-state index is 0.612. The van der Waals surface area contributed by atoms with Gasteiger partial charge in [0, 0.05) is 0 Å². The van der Waals surface area contributed by atoms with Gasteiger partial charge < -0.3 is 0 Å². The molecule has 2 unspecified atom stereocenters. The lowest BCUT2D eigenvalue weighted by Gasteiger charge is -2.29. The Labute approximate surface area is 123 Å². The monoisotopic (exact) mass is 266 g/mol. The first kappa shape index (κ1) is 14.8. The van der Waals surface area contributed by atoms with Crippen LogP contribution < -0.4 is 0 Å². The van der Waals surface area contributed by atoms with Crippen LogP contribution >= 0.6 is 0 Å². The summed E-state index contributed by atoms with van der Waals surface area (Å²) < 4.78 is 0. The van der Waals surface area contributed by atoms with E-state index in [0.29, 0.717) is 11.8 Å². The van der Waals surface area contributed by atoms with E-state index in [0.717, 1.165) is 5.92 Å². The van der Waals surface area contributed by atoms with Crippen molar-refractivity contribution < 1.29 is 0 Å². The highest BCUT2D eigenvalue weighted by Gasteiger charge is 2.23. The van der Waals surface area contributed by atoms with Gasteiger partial charge in [-0.05, 0) is 41.7 Å². The molecule has 0 fully saturated rings. The van der Waals surface area contributed by atoms with E-state index in [-0.39, 0.29) is 0 Å². The standard InChI is InChI=1S/C20H26/c1-4-19(17-11-7-5-8-12-17)20(15-16(2)3)18-13-9-6-10-14-18/h5-14,16,19-20H,4,15H2,1-3H3. The molecule has 2 aromatic rings. The van der Waals surface area contributed by atoms with Gasteiger partial charge in [0.2, 0.25) is 0 Å². The van der Waals surface area contributed by atoms with Gasteiger partial charge in [-0.3, -0.25) is 0 Å². The summed E-state index contributed by atoms with van der Waals surface area (Å²) in [6.07, 6.45) is 2.44. The van der Waals surface area contributed by atoms with E-state index < -0.39 is 0 Å². The summed E-state index contributed by atoms with van der Waals surface area (Å²) in [5.41, 5.74) is 2.96. The Morgan fingerprint density at radius 3 is 1.55 bits per heavy atom. The van der Waals surface area contributed by atoms with Crippen LogP contribution in [0.25, 0.3) is 0 Å². The van der Waals surface area contributed by atoms with Crippen molar-refractivity contribution in [2.75, 3.05) is 0 Å². The van der Waals surface area contributed by atoms with E-state index in [2.05, 4.69) is 81.4 Å². The molecule has 2 atom stereocenters. The molecule has 0 radical (unpaired) electrons. The Bertz CT molecular complexity index is 484. The molecule has 0 N–H and O–H groups in total. The molecule has 0 saturated carbocycles. The largest absolute Gasteiger partial charge is 0.0648 e. The molecule has 0 saturated heterocycles. The minimum Gasteiger partial charge on any atom is -0.0648 e. The van der Waals surface area contributed by atoms with Crippen molar-refractivity contribution in [1.82, 2.24) is 0 Å². The number of rotatable bonds is 6. The Kier molecular flexibility index (Phi) is 5.40. The topological polar surface area (TPSA) is 0 Å². The summed E-state index contributed by atoms with van der Waals surface area (Å²) >= 11 is 0. The van der Waals surface area contributed by atoms with Crippen molar-refractivity contribution >= 4 is 0 Å². The van der Waals surface area contributed by atoms with Gasteiger partial charge >= 0.3 is 0 Å². The maximum absolute atomic E-state index is 2.33. The maximum atomic E-state index is 2.33. The van der Waals surface area contributed by atoms with Crippen LogP contribution in [-0.4, -0.2) is 0 Å². The second-order valence-corrected chi connectivity index (χ2v) is 6.07. The molecule has 0 bridgehead atoms. The number of hydrogen-bond donors (Lipinski definition) is 0. The summed E-state index contributed by atoms with van der Waals surface area (Å²) in [5.74, 6) is 1.95. The summed E-state index contributed by atoms with van der Waals surface area (Å²) in [5, 5.41) is 0. The van der Waals surface area contributed by atoms with E-state index in [1.54, 1.807) is 0 Å². The first-order valence-corrected chi connectivity index (χ1v) is 7.82. The zero-order chi connectivity index (χ0) is 14.4. The van der Waals surface area contributed by atoms with Crippen LogP contribution in [0.2, 0.25) is 0 Å². The molecule has 0 amide bonds. The highest BCUT2D eigenvalue weighted by Crippen LogP contribution is 2.39. The quantitative estimate of drug-likeness (QED) is 0.600. The zero-order valence-electron chi connectivity index (χ0n) is 12.9. The molecule has 0 aromatic heterocycles. The fourth-order valence-corrected chi connectivity index (χ4v) is 3.19. The molecule has 0 heteroatoms. The predicted molar refractivity (Wildman–Crippen MR) is 88.1 cm³/mol. The third kappa shape index (κ3) is 3.72. The lowest BCUT2D eigenvalue weighted by molar-refractivity contribution is 0.427. The van der Waals surface area contributed by atoms with Crippen molar-refractivity contribution in [3.05, 3.63) is 71.8 Å². The smallest absolute Gasteiger partial charge is 0.00908 e. The molecule has 0 aliphatic rings. The van der Waals surface area contributed by atoms with Gasteiger partial charge in [-0.1, -0.05) is 81.4 Å². The van der Waals surface area contributed by atoms with Crippen molar-refractivity contribution in [3.8, 4) is 0 Å². The first-order chi connectivity index (χ1) is 9.72. The third-order valence-electron chi connectivity index (χ3n) is 4.11. The molecule has 0 aliphatic heterocycles. The lowest BCUT2D eigenvalue weighted by atomic mass is 9.76. The summed E-state index contributed by atoms with van der Waals surface area (Å²) in [6.45, 7) is 6.97. The van der Waals surface area contributed by atoms with Crippen molar-refractivity contribution in [2.45, 2.75) is 45.4 Å². The van der Waals surface area contributed by atoms with Gasteiger partial charge in [0.25, 0.3) is 0 Å². The zero-order valence-corrected chi connectivity index (χ0v) is 12.9. The van der Waals surface area contributed by atoms with Gasteiger partial charge in [0.1, 0.15) is 0 Å². The second kappa shape index (κ2) is 7.28. The molecule has 0 spiro atoms. The van der Waals surface area contributed by atoms with Gasteiger partial charge in [-0.2, -0.15) is 0 Å². The molecule has 2 aromatic carbocycles. The molecule has 2 rings (SSSR count). The second-order valence-electron chi connectivity index (χ2n) is 6.07. The fraction of sp³-hybridized carbons (Fsp3) is 0.400. The molecule has 0 heterocycles. The minimum atomic E-state index is 0.612. The molecule has 106 valence electrons. The van der Waals surface area contributed by atoms with Crippen LogP contribution in [0.15, 0.2) is 60.7 Å². The van der Waals surface area contributed by atoms with E-state index in [1.807, 2.05) is 0 Å². The van der Waals surface area contributed by atoms with Crippen LogP contribution in [0.5, 0.6) is 0 Å². The van der Waals surface area contributed by atoms with Crippen LogP contribution in [0.3, 0.4) is 0 Å². The third-order valence-corrected chi connectivity index (χ3v) is 4.11. The van der Waals surface area contributed by atoms with Gasteiger partial charge in [0.05, 0.1) is 0 Å². The van der Waals surface area contributed by atoms with E-state index in [9.17, 15) is 0 Å². The van der Waals surface area contributed by atoms with Gasteiger partial charge in [0.15, 0.2) is 0 Å². The van der Waals surface area contributed by atoms with Gasteiger partial charge in [-0.25, -0.2) is 0 Å². The molecular weight excluding hydrogens is 240 g/mol. The van der Waals surface area contributed by atoms with E-state index in [1.165, 1.54) is 24.0 Å². The number of hydrogen-bond acceptors (Lipinski definition) is 0. The summed E-state index contributed by atoms with van der Waals surface area (Å²) in [4.78, 5) is 0. The van der Waals surface area contributed by atoms with Gasteiger partial charge in [-0.15, -0.1) is 0 Å². The Morgan fingerprint density at radius 1 is 0.700 bits per heavy atom. The average molecular weight is 266 g/mol. The highest BCUT2D eigenvalue weighted by atomic mass is 14.3. The number of benzene rings is 2. The van der Waals surface area contributed by atoms with Crippen LogP contribution in [0, 0.1) is 5.92 Å². The Balaban J connectivity index is 2.34. The Hall–Kier alpha value is -1.56. The summed E-state index contributed by atoms with van der Waals surface area (Å²) in [7, 11) is 0. The van der Waals surface area contributed by atoms with E-state index in [4.69, 9.17) is 0 Å². The molecular formula is C20H26. The first-order valence-electron chi connectivity index (χ1n) is 7.82. The Morgan fingerprint density at radius 2 is 1.15 bits per heavy atom. The fourth-order valence-electron chi connectivity index (χ4n) is 3.19. The van der Waals surface area contributed by atoms with Crippen molar-refractivity contribution in [3.63, 3.8) is 0 Å². The lowest BCUT2D eigenvalue weighted by Crippen LogP contribution is -2.13. The van der Waals surface area contributed by atoms with E-state index >= 15 is 0 Å². The summed E-state index contributed by atoms with van der Waals surface area (Å²) in [6, 6.07) is 22.0.